The molecule has 1 fully saturated rings. The zero-order chi connectivity index (χ0) is 12.0. The number of nitrogens with one attached hydrogen (secondary N) is 1. The summed E-state index contributed by atoms with van der Waals surface area (Å²) >= 11 is 0. The van der Waals surface area contributed by atoms with E-state index in [9.17, 15) is 0 Å². The molecular formula is C15H22N2. The second kappa shape index (κ2) is 4.02. The zero-order valence-corrected chi connectivity index (χ0v) is 11.1. The number of hydrogen-bond acceptors (Lipinski definition) is 2. The fraction of sp³-hybridized carbons (Fsp3) is 0.600. The zero-order valence-electron chi connectivity index (χ0n) is 11.1. The van der Waals surface area contributed by atoms with E-state index in [-0.39, 0.29) is 0 Å². The van der Waals surface area contributed by atoms with Gasteiger partial charge in [-0.25, -0.2) is 0 Å². The minimum absolute atomic E-state index is 0.741. The average molecular weight is 230 g/mol. The van der Waals surface area contributed by atoms with Crippen molar-refractivity contribution in [1.82, 2.24) is 4.90 Å². The van der Waals surface area contributed by atoms with Crippen LogP contribution in [0.5, 0.6) is 0 Å². The minimum Gasteiger partial charge on any atom is -0.384 e. The molecule has 2 atom stereocenters. The van der Waals surface area contributed by atoms with Gasteiger partial charge in [-0.3, -0.25) is 0 Å². The van der Waals surface area contributed by atoms with Crippen LogP contribution in [0, 0.1) is 19.8 Å². The second-order valence-electron chi connectivity index (χ2n) is 5.79. The second-order valence-corrected chi connectivity index (χ2v) is 5.79. The Bertz CT molecular complexity index is 439. The van der Waals surface area contributed by atoms with Crippen molar-refractivity contribution in [3.8, 4) is 0 Å². The van der Waals surface area contributed by atoms with E-state index < -0.39 is 0 Å². The number of likely N-dealkylation sites (N-methyl/N-ethyl adjacent to an activating group) is 1. The molecule has 1 N–H and O–H groups in total. The number of benzene rings is 1. The molecule has 2 aliphatic rings. The van der Waals surface area contributed by atoms with Crippen molar-refractivity contribution in [3.05, 3.63) is 28.8 Å². The fourth-order valence-corrected chi connectivity index (χ4v) is 3.51. The molecule has 0 bridgehead atoms. The summed E-state index contributed by atoms with van der Waals surface area (Å²) in [6.07, 6.45) is 1.33. The van der Waals surface area contributed by atoms with Gasteiger partial charge in [-0.15, -0.1) is 0 Å². The molecule has 0 amide bonds. The Morgan fingerprint density at radius 3 is 2.82 bits per heavy atom. The Balaban J connectivity index is 2.07. The largest absolute Gasteiger partial charge is 0.384 e. The van der Waals surface area contributed by atoms with Crippen LogP contribution in [-0.2, 0) is 0 Å². The number of fused-ring (bicyclic) bond motifs is 3. The van der Waals surface area contributed by atoms with E-state index in [1.165, 1.54) is 36.3 Å². The number of hydrogen-bond donors (Lipinski definition) is 1. The number of likely N-dealkylation sites (tertiary alicyclic amines) is 1. The predicted molar refractivity (Wildman–Crippen MR) is 72.8 cm³/mol. The Morgan fingerprint density at radius 1 is 1.24 bits per heavy atom. The first-order valence-electron chi connectivity index (χ1n) is 6.69. The molecule has 1 aromatic rings. The standard InChI is InChI=1S/C15H22N2/c1-10-4-5-11(2)15-14(10)13-9-17(3)7-6-12(13)8-16-15/h4-5,12-13,16H,6-9H2,1-3H3. The van der Waals surface area contributed by atoms with Gasteiger partial charge in [0.15, 0.2) is 0 Å². The highest BCUT2D eigenvalue weighted by Gasteiger charge is 2.34. The molecule has 0 spiro atoms. The topological polar surface area (TPSA) is 15.3 Å². The van der Waals surface area contributed by atoms with Crippen LogP contribution in [0.2, 0.25) is 0 Å². The quantitative estimate of drug-likeness (QED) is 0.737. The summed E-state index contributed by atoms with van der Waals surface area (Å²) in [4.78, 5) is 2.48. The van der Waals surface area contributed by atoms with Gasteiger partial charge in [-0.2, -0.15) is 0 Å². The molecule has 2 nitrogen and oxygen atoms in total. The Kier molecular flexibility index (Phi) is 2.62. The first kappa shape index (κ1) is 11.1. The van der Waals surface area contributed by atoms with Crippen LogP contribution in [-0.4, -0.2) is 31.6 Å². The van der Waals surface area contributed by atoms with Crippen LogP contribution < -0.4 is 5.32 Å². The number of piperidine rings is 1. The molecule has 0 radical (unpaired) electrons. The number of aryl methyl sites for hydroxylation is 2. The van der Waals surface area contributed by atoms with Crippen LogP contribution >= 0.6 is 0 Å². The van der Waals surface area contributed by atoms with Crippen molar-refractivity contribution in [2.45, 2.75) is 26.2 Å². The van der Waals surface area contributed by atoms with Gasteiger partial charge in [-0.05, 0) is 56.5 Å². The average Bonchev–Trinajstić information content (AvgIpc) is 2.33. The number of nitrogens with zero attached hydrogens (tertiary/aromatic N) is 1. The van der Waals surface area contributed by atoms with Gasteiger partial charge in [0.1, 0.15) is 0 Å². The van der Waals surface area contributed by atoms with Gasteiger partial charge in [-0.1, -0.05) is 12.1 Å². The summed E-state index contributed by atoms with van der Waals surface area (Å²) < 4.78 is 0. The van der Waals surface area contributed by atoms with E-state index in [0.717, 1.165) is 18.4 Å². The highest BCUT2D eigenvalue weighted by molar-refractivity contribution is 5.63. The minimum atomic E-state index is 0.741. The first-order valence-corrected chi connectivity index (χ1v) is 6.69. The lowest BCUT2D eigenvalue weighted by molar-refractivity contribution is 0.191. The van der Waals surface area contributed by atoms with Crippen molar-refractivity contribution in [2.75, 3.05) is 32.0 Å². The van der Waals surface area contributed by atoms with E-state index in [4.69, 9.17) is 0 Å². The van der Waals surface area contributed by atoms with Crippen molar-refractivity contribution in [1.29, 1.82) is 0 Å². The van der Waals surface area contributed by atoms with Crippen LogP contribution in [0.1, 0.15) is 29.0 Å². The molecule has 2 heterocycles. The third kappa shape index (κ3) is 1.75. The molecular weight excluding hydrogens is 208 g/mol. The molecule has 2 heteroatoms. The SMILES string of the molecule is Cc1ccc(C)c2c1NCC1CCN(C)CC21. The molecule has 3 rings (SSSR count). The summed E-state index contributed by atoms with van der Waals surface area (Å²) in [5.74, 6) is 1.57. The highest BCUT2D eigenvalue weighted by atomic mass is 15.1. The van der Waals surface area contributed by atoms with Crippen LogP contribution in [0.3, 0.4) is 0 Å². The number of anilines is 1. The molecule has 2 aliphatic heterocycles. The van der Waals surface area contributed by atoms with Crippen LogP contribution in [0.15, 0.2) is 12.1 Å². The van der Waals surface area contributed by atoms with Gasteiger partial charge in [0, 0.05) is 24.7 Å². The van der Waals surface area contributed by atoms with Gasteiger partial charge in [0.25, 0.3) is 0 Å². The van der Waals surface area contributed by atoms with Crippen molar-refractivity contribution >= 4 is 5.69 Å². The monoisotopic (exact) mass is 230 g/mol. The van der Waals surface area contributed by atoms with E-state index in [1.54, 1.807) is 5.56 Å². The molecule has 0 aliphatic carbocycles. The highest BCUT2D eigenvalue weighted by Crippen LogP contribution is 2.42. The maximum absolute atomic E-state index is 3.67. The summed E-state index contributed by atoms with van der Waals surface area (Å²) in [6, 6.07) is 4.53. The molecule has 1 aromatic carbocycles. The van der Waals surface area contributed by atoms with Crippen molar-refractivity contribution < 1.29 is 0 Å². The third-order valence-corrected chi connectivity index (χ3v) is 4.54. The molecule has 2 unspecified atom stereocenters. The molecule has 1 saturated heterocycles. The van der Waals surface area contributed by atoms with Gasteiger partial charge in [0.05, 0.1) is 0 Å². The van der Waals surface area contributed by atoms with Crippen LogP contribution in [0.25, 0.3) is 0 Å². The van der Waals surface area contributed by atoms with Gasteiger partial charge < -0.3 is 10.2 Å². The lowest BCUT2D eigenvalue weighted by atomic mass is 9.75. The summed E-state index contributed by atoms with van der Waals surface area (Å²) in [6.45, 7) is 8.12. The van der Waals surface area contributed by atoms with Crippen molar-refractivity contribution in [2.24, 2.45) is 5.92 Å². The Hall–Kier alpha value is -1.02. The number of rotatable bonds is 0. The lowest BCUT2D eigenvalue weighted by Crippen LogP contribution is -2.42. The molecule has 0 saturated carbocycles. The molecule has 92 valence electrons. The normalized spacial score (nSPS) is 28.2. The van der Waals surface area contributed by atoms with Crippen molar-refractivity contribution in [3.63, 3.8) is 0 Å². The maximum Gasteiger partial charge on any atom is 0.0408 e. The predicted octanol–water partition coefficient (Wildman–Crippen LogP) is 2.76. The summed E-state index contributed by atoms with van der Waals surface area (Å²) in [5, 5.41) is 3.67. The lowest BCUT2D eigenvalue weighted by Gasteiger charge is -2.42. The van der Waals surface area contributed by atoms with E-state index in [1.807, 2.05) is 0 Å². The van der Waals surface area contributed by atoms with Gasteiger partial charge in [0.2, 0.25) is 0 Å². The Morgan fingerprint density at radius 2 is 2.00 bits per heavy atom. The molecule has 17 heavy (non-hydrogen) atoms. The summed E-state index contributed by atoms with van der Waals surface area (Å²) in [7, 11) is 2.25. The van der Waals surface area contributed by atoms with Crippen LogP contribution in [0.4, 0.5) is 5.69 Å². The molecule has 0 aromatic heterocycles. The smallest absolute Gasteiger partial charge is 0.0408 e. The van der Waals surface area contributed by atoms with E-state index in [2.05, 4.69) is 43.2 Å². The Labute approximate surface area is 104 Å². The van der Waals surface area contributed by atoms with E-state index in [0.29, 0.717) is 0 Å². The third-order valence-electron chi connectivity index (χ3n) is 4.54. The first-order chi connectivity index (χ1) is 8.16. The fourth-order valence-electron chi connectivity index (χ4n) is 3.51. The van der Waals surface area contributed by atoms with E-state index >= 15 is 0 Å². The summed E-state index contributed by atoms with van der Waals surface area (Å²) in [5.41, 5.74) is 5.87. The van der Waals surface area contributed by atoms with Gasteiger partial charge >= 0.3 is 0 Å². The maximum atomic E-state index is 3.67.